The van der Waals surface area contributed by atoms with Crippen molar-refractivity contribution < 1.29 is 23.2 Å². The van der Waals surface area contributed by atoms with Crippen molar-refractivity contribution in [3.63, 3.8) is 0 Å². The second kappa shape index (κ2) is 7.24. The molecule has 0 spiro atoms. The molecule has 0 fully saturated rings. The molecule has 26 heavy (non-hydrogen) atoms. The zero-order chi connectivity index (χ0) is 18.8. The van der Waals surface area contributed by atoms with E-state index in [2.05, 4.69) is 15.5 Å². The molecular weight excluding hydrogens is 366 g/mol. The van der Waals surface area contributed by atoms with E-state index in [0.717, 1.165) is 10.5 Å². The monoisotopic (exact) mass is 380 g/mol. The molecule has 1 aliphatic heterocycles. The fourth-order valence-corrected chi connectivity index (χ4v) is 3.18. The number of anilines is 1. The maximum atomic E-state index is 12.4. The van der Waals surface area contributed by atoms with Crippen molar-refractivity contribution in [2.24, 2.45) is 0 Å². The number of amides is 3. The smallest absolute Gasteiger partial charge is 0.291 e. The summed E-state index contributed by atoms with van der Waals surface area (Å²) in [5.41, 5.74) is 1.61. The molecule has 0 atom stereocenters. The summed E-state index contributed by atoms with van der Waals surface area (Å²) in [5, 5.41) is 8.62. The molecule has 0 radical (unpaired) electrons. The first-order chi connectivity index (χ1) is 12.4. The fraction of sp³-hybridized carbons (Fsp3) is 0.312. The molecule has 3 rings (SSSR count). The van der Waals surface area contributed by atoms with Gasteiger partial charge in [-0.15, -0.1) is 10.2 Å². The van der Waals surface area contributed by atoms with Gasteiger partial charge in [-0.1, -0.05) is 23.0 Å². The second-order valence-electron chi connectivity index (χ2n) is 5.71. The van der Waals surface area contributed by atoms with Crippen LogP contribution >= 0.6 is 11.3 Å². The van der Waals surface area contributed by atoms with Crippen LogP contribution in [0.1, 0.15) is 50.6 Å². The molecule has 136 valence electrons. The minimum absolute atomic E-state index is 0.00995. The van der Waals surface area contributed by atoms with Gasteiger partial charge in [-0.3, -0.25) is 19.3 Å². The standard InChI is InChI=1S/C16H14F2N4O3S/c1-8-4-5-9-10(7-8)15(25)22(14(9)24)6-2-3-11(23)19-16-21-20-13(26-16)12(17)18/h4-5,7,12H,2-3,6H2,1H3,(H,19,21,23). The number of aromatic nitrogens is 2. The van der Waals surface area contributed by atoms with Gasteiger partial charge in [-0.25, -0.2) is 8.78 Å². The highest BCUT2D eigenvalue weighted by atomic mass is 32.1. The number of hydrogen-bond acceptors (Lipinski definition) is 6. The molecule has 1 aromatic heterocycles. The Labute approximate surface area is 151 Å². The van der Waals surface area contributed by atoms with Crippen molar-refractivity contribution in [1.29, 1.82) is 0 Å². The lowest BCUT2D eigenvalue weighted by Gasteiger charge is -2.13. The fourth-order valence-electron chi connectivity index (χ4n) is 2.56. The Bertz CT molecular complexity index is 884. The summed E-state index contributed by atoms with van der Waals surface area (Å²) in [6, 6.07) is 5.04. The van der Waals surface area contributed by atoms with Gasteiger partial charge in [0.25, 0.3) is 18.2 Å². The Morgan fingerprint density at radius 1 is 1.23 bits per heavy atom. The number of nitrogens with zero attached hydrogens (tertiary/aromatic N) is 3. The predicted molar refractivity (Wildman–Crippen MR) is 89.3 cm³/mol. The van der Waals surface area contributed by atoms with Crippen LogP contribution in [0.3, 0.4) is 0 Å². The van der Waals surface area contributed by atoms with Crippen LogP contribution in [0.15, 0.2) is 18.2 Å². The molecule has 0 unspecified atom stereocenters. The van der Waals surface area contributed by atoms with Crippen molar-refractivity contribution in [3.8, 4) is 0 Å². The number of alkyl halides is 2. The van der Waals surface area contributed by atoms with Crippen LogP contribution in [-0.4, -0.2) is 39.4 Å². The molecule has 2 aromatic rings. The van der Waals surface area contributed by atoms with Crippen molar-refractivity contribution in [2.45, 2.75) is 26.2 Å². The largest absolute Gasteiger partial charge is 0.301 e. The maximum absolute atomic E-state index is 12.4. The second-order valence-corrected chi connectivity index (χ2v) is 6.72. The van der Waals surface area contributed by atoms with E-state index in [9.17, 15) is 23.2 Å². The molecule has 10 heteroatoms. The van der Waals surface area contributed by atoms with E-state index in [-0.39, 0.29) is 36.3 Å². The molecular formula is C16H14F2N4O3S. The zero-order valence-corrected chi connectivity index (χ0v) is 14.5. The van der Waals surface area contributed by atoms with Gasteiger partial charge in [0.1, 0.15) is 0 Å². The number of halogens is 2. The highest BCUT2D eigenvalue weighted by Crippen LogP contribution is 2.26. The van der Waals surface area contributed by atoms with Crippen LogP contribution in [0.2, 0.25) is 0 Å². The first-order valence-electron chi connectivity index (χ1n) is 7.75. The van der Waals surface area contributed by atoms with Gasteiger partial charge in [-0.05, 0) is 25.5 Å². The van der Waals surface area contributed by atoms with Gasteiger partial charge in [0.2, 0.25) is 11.0 Å². The molecule has 0 aliphatic carbocycles. The minimum Gasteiger partial charge on any atom is -0.301 e. The number of aryl methyl sites for hydroxylation is 1. The molecule has 1 aliphatic rings. The lowest BCUT2D eigenvalue weighted by atomic mass is 10.1. The van der Waals surface area contributed by atoms with Gasteiger partial charge in [0.05, 0.1) is 11.1 Å². The summed E-state index contributed by atoms with van der Waals surface area (Å²) in [4.78, 5) is 37.5. The van der Waals surface area contributed by atoms with E-state index in [1.54, 1.807) is 18.2 Å². The van der Waals surface area contributed by atoms with E-state index >= 15 is 0 Å². The van der Waals surface area contributed by atoms with Crippen LogP contribution in [0, 0.1) is 6.92 Å². The number of carbonyl (C=O) groups excluding carboxylic acids is 3. The van der Waals surface area contributed by atoms with Gasteiger partial charge in [0, 0.05) is 13.0 Å². The minimum atomic E-state index is -2.74. The van der Waals surface area contributed by atoms with Crippen LogP contribution in [0.25, 0.3) is 0 Å². The molecule has 7 nitrogen and oxygen atoms in total. The Kier molecular flexibility index (Phi) is 5.03. The zero-order valence-electron chi connectivity index (χ0n) is 13.7. The summed E-state index contributed by atoms with van der Waals surface area (Å²) in [5.74, 6) is -1.20. The Balaban J connectivity index is 1.52. The number of benzene rings is 1. The number of fused-ring (bicyclic) bond motifs is 1. The number of rotatable bonds is 6. The maximum Gasteiger partial charge on any atom is 0.291 e. The van der Waals surface area contributed by atoms with Crippen molar-refractivity contribution in [2.75, 3.05) is 11.9 Å². The lowest BCUT2D eigenvalue weighted by Crippen LogP contribution is -2.31. The molecule has 1 N–H and O–H groups in total. The Hall–Kier alpha value is -2.75. The Morgan fingerprint density at radius 3 is 2.65 bits per heavy atom. The van der Waals surface area contributed by atoms with E-state index in [1.807, 2.05) is 6.92 Å². The lowest BCUT2D eigenvalue weighted by molar-refractivity contribution is -0.116. The normalized spacial score (nSPS) is 13.5. The summed E-state index contributed by atoms with van der Waals surface area (Å²) in [6.07, 6.45) is -2.48. The van der Waals surface area contributed by atoms with Crippen LogP contribution < -0.4 is 5.32 Å². The molecule has 0 saturated carbocycles. The average molecular weight is 380 g/mol. The summed E-state index contributed by atoms with van der Waals surface area (Å²) < 4.78 is 24.9. The number of nitrogens with one attached hydrogen (secondary N) is 1. The van der Waals surface area contributed by atoms with Gasteiger partial charge in [0.15, 0.2) is 5.01 Å². The van der Waals surface area contributed by atoms with E-state index < -0.39 is 17.3 Å². The third kappa shape index (κ3) is 3.59. The Morgan fingerprint density at radius 2 is 1.96 bits per heavy atom. The van der Waals surface area contributed by atoms with Crippen molar-refractivity contribution in [3.05, 3.63) is 39.9 Å². The van der Waals surface area contributed by atoms with Crippen molar-refractivity contribution >= 4 is 34.2 Å². The van der Waals surface area contributed by atoms with Gasteiger partial charge < -0.3 is 5.32 Å². The topological polar surface area (TPSA) is 92.3 Å². The summed E-state index contributed by atoms with van der Waals surface area (Å²) in [7, 11) is 0. The molecule has 0 saturated heterocycles. The highest BCUT2D eigenvalue weighted by Gasteiger charge is 2.34. The summed E-state index contributed by atoms with van der Waals surface area (Å²) >= 11 is 0.599. The SMILES string of the molecule is Cc1ccc2c(c1)C(=O)N(CCCC(=O)Nc1nnc(C(F)F)s1)C2=O. The van der Waals surface area contributed by atoms with Gasteiger partial charge >= 0.3 is 0 Å². The predicted octanol–water partition coefficient (Wildman–Crippen LogP) is 2.80. The third-order valence-corrected chi connectivity index (χ3v) is 4.63. The van der Waals surface area contributed by atoms with E-state index in [4.69, 9.17) is 0 Å². The number of imide groups is 1. The molecule has 0 bridgehead atoms. The van der Waals surface area contributed by atoms with Crippen LogP contribution in [0.4, 0.5) is 13.9 Å². The molecule has 3 amide bonds. The number of hydrogen-bond donors (Lipinski definition) is 1. The average Bonchev–Trinajstić information content (AvgIpc) is 3.14. The highest BCUT2D eigenvalue weighted by molar-refractivity contribution is 7.15. The molecule has 2 heterocycles. The molecule has 1 aromatic carbocycles. The first-order valence-corrected chi connectivity index (χ1v) is 8.56. The van der Waals surface area contributed by atoms with E-state index in [0.29, 0.717) is 22.5 Å². The van der Waals surface area contributed by atoms with Crippen LogP contribution in [0.5, 0.6) is 0 Å². The van der Waals surface area contributed by atoms with Crippen LogP contribution in [-0.2, 0) is 4.79 Å². The van der Waals surface area contributed by atoms with E-state index in [1.165, 1.54) is 0 Å². The quantitative estimate of drug-likeness (QED) is 0.778. The van der Waals surface area contributed by atoms with Crippen molar-refractivity contribution in [1.82, 2.24) is 15.1 Å². The summed E-state index contributed by atoms with van der Waals surface area (Å²) in [6.45, 7) is 1.93. The number of carbonyl (C=O) groups is 3. The third-order valence-electron chi connectivity index (χ3n) is 3.79. The van der Waals surface area contributed by atoms with Gasteiger partial charge in [-0.2, -0.15) is 0 Å². The first kappa shape index (κ1) is 18.1.